The molecule has 3 rings (SSSR count). The summed E-state index contributed by atoms with van der Waals surface area (Å²) in [6, 6.07) is 11.3. The highest BCUT2D eigenvalue weighted by molar-refractivity contribution is 6.32. The summed E-state index contributed by atoms with van der Waals surface area (Å²) in [5.74, 6) is 1.78. The third-order valence-corrected chi connectivity index (χ3v) is 4.95. The second-order valence-electron chi connectivity index (χ2n) is 6.89. The number of pyridine rings is 1. The Kier molecular flexibility index (Phi) is 5.67. The highest BCUT2D eigenvalue weighted by atomic mass is 35.5. The zero-order chi connectivity index (χ0) is 18.7. The average molecular weight is 374 g/mol. The Bertz CT molecular complexity index is 764. The summed E-state index contributed by atoms with van der Waals surface area (Å²) in [4.78, 5) is 20.8. The summed E-state index contributed by atoms with van der Waals surface area (Å²) < 4.78 is 5.55. The van der Waals surface area contributed by atoms with Crippen LogP contribution in [-0.2, 0) is 0 Å². The Morgan fingerprint density at radius 3 is 2.58 bits per heavy atom. The molecule has 1 aliphatic heterocycles. The lowest BCUT2D eigenvalue weighted by atomic mass is 10.0. The van der Waals surface area contributed by atoms with Gasteiger partial charge in [-0.25, -0.2) is 9.78 Å². The van der Waals surface area contributed by atoms with Crippen LogP contribution in [0.25, 0.3) is 0 Å². The van der Waals surface area contributed by atoms with E-state index in [1.807, 2.05) is 43.3 Å². The van der Waals surface area contributed by atoms with Gasteiger partial charge in [0, 0.05) is 31.9 Å². The monoisotopic (exact) mass is 373 g/mol. The first kappa shape index (κ1) is 18.5. The normalized spacial score (nSPS) is 17.5. The molecule has 1 aromatic heterocycles. The minimum Gasteiger partial charge on any atom is -0.410 e. The molecule has 1 amide bonds. The van der Waals surface area contributed by atoms with E-state index in [0.717, 1.165) is 5.82 Å². The van der Waals surface area contributed by atoms with E-state index < -0.39 is 0 Å². The van der Waals surface area contributed by atoms with Gasteiger partial charge in [-0.2, -0.15) is 0 Å². The summed E-state index contributed by atoms with van der Waals surface area (Å²) in [6.45, 7) is 8.18. The first-order valence-corrected chi connectivity index (χ1v) is 9.27. The number of piperazine rings is 1. The summed E-state index contributed by atoms with van der Waals surface area (Å²) >= 11 is 6.24. The molecule has 0 bridgehead atoms. The molecule has 1 atom stereocenters. The zero-order valence-corrected chi connectivity index (χ0v) is 16.1. The molecule has 0 aliphatic carbocycles. The third-order valence-electron chi connectivity index (χ3n) is 4.65. The number of anilines is 1. The van der Waals surface area contributed by atoms with E-state index in [1.54, 1.807) is 11.1 Å². The molecule has 6 heteroatoms. The molecule has 1 saturated heterocycles. The smallest absolute Gasteiger partial charge is 0.410 e. The van der Waals surface area contributed by atoms with Gasteiger partial charge in [0.15, 0.2) is 0 Å². The molecule has 2 aromatic rings. The van der Waals surface area contributed by atoms with Gasteiger partial charge >= 0.3 is 6.09 Å². The summed E-state index contributed by atoms with van der Waals surface area (Å²) in [7, 11) is 0. The number of carbonyl (C=O) groups is 1. The molecule has 138 valence electrons. The molecule has 0 radical (unpaired) electrons. The Hall–Kier alpha value is -2.27. The Morgan fingerprint density at radius 2 is 1.96 bits per heavy atom. The third kappa shape index (κ3) is 4.10. The van der Waals surface area contributed by atoms with Crippen molar-refractivity contribution in [1.82, 2.24) is 9.88 Å². The van der Waals surface area contributed by atoms with E-state index in [0.29, 0.717) is 36.3 Å². The summed E-state index contributed by atoms with van der Waals surface area (Å²) in [6.07, 6.45) is 1.41. The van der Waals surface area contributed by atoms with Crippen molar-refractivity contribution in [3.63, 3.8) is 0 Å². The van der Waals surface area contributed by atoms with Crippen molar-refractivity contribution >= 4 is 23.5 Å². The topological polar surface area (TPSA) is 45.7 Å². The lowest BCUT2D eigenvalue weighted by Crippen LogP contribution is -2.55. The van der Waals surface area contributed by atoms with Crippen LogP contribution in [0.1, 0.15) is 32.3 Å². The van der Waals surface area contributed by atoms with Gasteiger partial charge in [-0.15, -0.1) is 0 Å². The lowest BCUT2D eigenvalue weighted by molar-refractivity contribution is 0.129. The molecule has 1 aliphatic rings. The highest BCUT2D eigenvalue weighted by Gasteiger charge is 2.30. The molecule has 1 aromatic carbocycles. The number of hydrogen-bond donors (Lipinski definition) is 0. The van der Waals surface area contributed by atoms with Gasteiger partial charge < -0.3 is 14.5 Å². The molecule has 0 saturated carbocycles. The van der Waals surface area contributed by atoms with Crippen molar-refractivity contribution in [3.8, 4) is 5.75 Å². The Balaban J connectivity index is 1.62. The molecular formula is C20H24ClN3O2. The second kappa shape index (κ2) is 7.96. The predicted octanol–water partition coefficient (Wildman–Crippen LogP) is 4.57. The fraction of sp³-hybridized carbons (Fsp3) is 0.400. The molecular weight excluding hydrogens is 350 g/mol. The first-order chi connectivity index (χ1) is 12.5. The second-order valence-corrected chi connectivity index (χ2v) is 7.30. The fourth-order valence-corrected chi connectivity index (χ4v) is 3.35. The van der Waals surface area contributed by atoms with Crippen LogP contribution >= 0.6 is 11.6 Å². The van der Waals surface area contributed by atoms with E-state index in [4.69, 9.17) is 16.3 Å². The number of hydrogen-bond acceptors (Lipinski definition) is 4. The van der Waals surface area contributed by atoms with Crippen LogP contribution in [0.4, 0.5) is 10.6 Å². The maximum absolute atomic E-state index is 12.6. The van der Waals surface area contributed by atoms with Crippen molar-refractivity contribution < 1.29 is 9.53 Å². The van der Waals surface area contributed by atoms with Crippen molar-refractivity contribution in [1.29, 1.82) is 0 Å². The maximum atomic E-state index is 12.6. The minimum absolute atomic E-state index is 0.00394. The van der Waals surface area contributed by atoms with Crippen LogP contribution in [0.15, 0.2) is 42.6 Å². The zero-order valence-electron chi connectivity index (χ0n) is 15.4. The van der Waals surface area contributed by atoms with Crippen LogP contribution in [-0.4, -0.2) is 41.7 Å². The van der Waals surface area contributed by atoms with Crippen molar-refractivity contribution in [3.05, 3.63) is 53.2 Å². The van der Waals surface area contributed by atoms with Gasteiger partial charge in [0.1, 0.15) is 11.6 Å². The van der Waals surface area contributed by atoms with Gasteiger partial charge in [0.05, 0.1) is 5.02 Å². The van der Waals surface area contributed by atoms with Gasteiger partial charge in [0.2, 0.25) is 0 Å². The predicted molar refractivity (Wildman–Crippen MR) is 104 cm³/mol. The number of nitrogens with zero attached hydrogens (tertiary/aromatic N) is 3. The van der Waals surface area contributed by atoms with Crippen molar-refractivity contribution in [2.45, 2.75) is 32.7 Å². The van der Waals surface area contributed by atoms with E-state index >= 15 is 0 Å². The van der Waals surface area contributed by atoms with Gasteiger partial charge in [-0.1, -0.05) is 37.6 Å². The highest BCUT2D eigenvalue weighted by Crippen LogP contribution is 2.25. The van der Waals surface area contributed by atoms with Gasteiger partial charge in [-0.3, -0.25) is 0 Å². The van der Waals surface area contributed by atoms with Crippen LogP contribution in [0, 0.1) is 0 Å². The Labute approximate surface area is 159 Å². The van der Waals surface area contributed by atoms with Gasteiger partial charge in [0.25, 0.3) is 0 Å². The summed E-state index contributed by atoms with van der Waals surface area (Å²) in [5.41, 5.74) is 1.22. The fourth-order valence-electron chi connectivity index (χ4n) is 3.11. The average Bonchev–Trinajstić information content (AvgIpc) is 2.62. The molecule has 0 unspecified atom stereocenters. The van der Waals surface area contributed by atoms with E-state index in [2.05, 4.69) is 23.7 Å². The number of benzene rings is 1. The molecule has 0 N–H and O–H groups in total. The van der Waals surface area contributed by atoms with Crippen LogP contribution in [0.3, 0.4) is 0 Å². The molecule has 0 spiro atoms. The molecule has 5 nitrogen and oxygen atoms in total. The quantitative estimate of drug-likeness (QED) is 0.790. The van der Waals surface area contributed by atoms with Crippen molar-refractivity contribution in [2.24, 2.45) is 0 Å². The van der Waals surface area contributed by atoms with Crippen LogP contribution in [0.5, 0.6) is 5.75 Å². The van der Waals surface area contributed by atoms with Crippen LogP contribution in [0.2, 0.25) is 5.02 Å². The molecule has 1 fully saturated rings. The van der Waals surface area contributed by atoms with E-state index in [1.165, 1.54) is 5.56 Å². The number of halogens is 1. The molecule has 2 heterocycles. The number of amides is 1. The maximum Gasteiger partial charge on any atom is 0.415 e. The standard InChI is InChI=1S/C20H24ClN3O2/c1-14(2)16-6-8-17(9-7-16)26-20(25)24-12-11-23(13-15(24)3)19-18(21)5-4-10-22-19/h4-10,14-15H,11-13H2,1-3H3/t15-/m1/s1. The Morgan fingerprint density at radius 1 is 1.23 bits per heavy atom. The SMILES string of the molecule is CC(C)c1ccc(OC(=O)N2CCN(c3ncccc3Cl)C[C@H]2C)cc1. The van der Waals surface area contributed by atoms with Gasteiger partial charge in [-0.05, 0) is 42.7 Å². The van der Waals surface area contributed by atoms with Crippen LogP contribution < -0.4 is 9.64 Å². The molecule has 26 heavy (non-hydrogen) atoms. The largest absolute Gasteiger partial charge is 0.415 e. The van der Waals surface area contributed by atoms with E-state index in [9.17, 15) is 4.79 Å². The number of ether oxygens (including phenoxy) is 1. The van der Waals surface area contributed by atoms with E-state index in [-0.39, 0.29) is 12.1 Å². The summed E-state index contributed by atoms with van der Waals surface area (Å²) in [5, 5.41) is 0.626. The number of rotatable bonds is 3. The van der Waals surface area contributed by atoms with Crippen molar-refractivity contribution in [2.75, 3.05) is 24.5 Å². The first-order valence-electron chi connectivity index (χ1n) is 8.89. The minimum atomic E-state index is -0.318. The number of carbonyl (C=O) groups excluding carboxylic acids is 1. The number of aromatic nitrogens is 1. The lowest BCUT2D eigenvalue weighted by Gasteiger charge is -2.39.